The van der Waals surface area contributed by atoms with E-state index in [1.807, 2.05) is 0 Å². The molecule has 1 aliphatic rings. The molecule has 3 heterocycles. The van der Waals surface area contributed by atoms with Gasteiger partial charge in [-0.25, -0.2) is 4.98 Å². The van der Waals surface area contributed by atoms with Crippen molar-refractivity contribution in [1.29, 1.82) is 0 Å². The van der Waals surface area contributed by atoms with Crippen LogP contribution in [0.1, 0.15) is 16.0 Å². The van der Waals surface area contributed by atoms with Gasteiger partial charge in [0.05, 0.1) is 22.9 Å². The molecule has 3 rings (SSSR count). The van der Waals surface area contributed by atoms with Gasteiger partial charge < -0.3 is 19.3 Å². The number of aliphatic hydroxyl groups is 1. The average molecular weight is 333 g/mol. The molecular weight excluding hydrogens is 315 g/mol. The summed E-state index contributed by atoms with van der Waals surface area (Å²) in [6.07, 6.45) is -3.34. The second-order valence-corrected chi connectivity index (χ2v) is 4.81. The van der Waals surface area contributed by atoms with Crippen LogP contribution in [0, 0.1) is 0 Å². The van der Waals surface area contributed by atoms with Gasteiger partial charge in [0, 0.05) is 25.8 Å². The Hall–Kier alpha value is -2.29. The molecule has 0 unspecified atom stereocenters. The first-order valence-corrected chi connectivity index (χ1v) is 6.55. The summed E-state index contributed by atoms with van der Waals surface area (Å²) in [6.45, 7) is -8.07. The Bertz CT molecular complexity index is 895. The Labute approximate surface area is 134 Å². The Morgan fingerprint density at radius 2 is 2.22 bits per heavy atom. The highest BCUT2D eigenvalue weighted by molar-refractivity contribution is 6.00. The van der Waals surface area contributed by atoms with E-state index in [2.05, 4.69) is 4.98 Å². The third kappa shape index (κ3) is 2.96. The Morgan fingerprint density at radius 3 is 2.91 bits per heavy atom. The number of halogens is 3. The summed E-state index contributed by atoms with van der Waals surface area (Å²) in [5.74, 6) is -1.24. The Kier molecular flexibility index (Phi) is 2.81. The molecule has 1 aliphatic heterocycles. The van der Waals surface area contributed by atoms with E-state index < -0.39 is 31.7 Å². The van der Waals surface area contributed by atoms with Gasteiger partial charge in [0.15, 0.2) is 6.61 Å². The van der Waals surface area contributed by atoms with Crippen molar-refractivity contribution in [3.8, 4) is 5.88 Å². The predicted octanol–water partition coefficient (Wildman–Crippen LogP) is 1.43. The molecule has 0 aliphatic carbocycles. The summed E-state index contributed by atoms with van der Waals surface area (Å²) in [7, 11) is 0. The van der Waals surface area contributed by atoms with E-state index in [0.29, 0.717) is 10.4 Å². The third-order valence-corrected chi connectivity index (χ3v) is 3.36. The lowest BCUT2D eigenvalue weighted by Crippen LogP contribution is -2.41. The van der Waals surface area contributed by atoms with Gasteiger partial charge in [0.25, 0.3) is 5.91 Å². The number of pyridine rings is 1. The van der Waals surface area contributed by atoms with Crippen molar-refractivity contribution in [3.05, 3.63) is 24.0 Å². The SMILES string of the molecule is [2H]C([2H])(O)C([2H])([2H])N1CCn2c(cc3c(OCC(F)(F)F)nccc32)C1=O. The number of carbonyl (C=O) groups is 1. The van der Waals surface area contributed by atoms with Crippen LogP contribution in [0.25, 0.3) is 10.9 Å². The van der Waals surface area contributed by atoms with Crippen LogP contribution < -0.4 is 4.74 Å². The van der Waals surface area contributed by atoms with Crippen LogP contribution in [-0.2, 0) is 6.54 Å². The highest BCUT2D eigenvalue weighted by Crippen LogP contribution is 2.30. The molecule has 0 saturated heterocycles. The topological polar surface area (TPSA) is 67.6 Å². The summed E-state index contributed by atoms with van der Waals surface area (Å²) >= 11 is 0. The van der Waals surface area contributed by atoms with Gasteiger partial charge in [0.1, 0.15) is 5.69 Å². The van der Waals surface area contributed by atoms with Crippen molar-refractivity contribution in [1.82, 2.24) is 14.5 Å². The number of amides is 1. The van der Waals surface area contributed by atoms with Gasteiger partial charge in [-0.15, -0.1) is 0 Å². The molecule has 6 nitrogen and oxygen atoms in total. The van der Waals surface area contributed by atoms with E-state index in [9.17, 15) is 23.1 Å². The molecule has 124 valence electrons. The molecule has 9 heteroatoms. The van der Waals surface area contributed by atoms with Gasteiger partial charge in [-0.2, -0.15) is 13.2 Å². The highest BCUT2D eigenvalue weighted by Gasteiger charge is 2.30. The fourth-order valence-corrected chi connectivity index (χ4v) is 2.45. The Morgan fingerprint density at radius 1 is 1.43 bits per heavy atom. The molecule has 0 atom stereocenters. The fourth-order valence-electron chi connectivity index (χ4n) is 2.45. The summed E-state index contributed by atoms with van der Waals surface area (Å²) in [5.41, 5.74) is 0.298. The van der Waals surface area contributed by atoms with E-state index in [4.69, 9.17) is 10.2 Å². The summed E-state index contributed by atoms with van der Waals surface area (Å²) in [5, 5.41) is 9.55. The van der Waals surface area contributed by atoms with Crippen molar-refractivity contribution < 1.29 is 33.3 Å². The second-order valence-electron chi connectivity index (χ2n) is 4.81. The third-order valence-electron chi connectivity index (χ3n) is 3.36. The summed E-state index contributed by atoms with van der Waals surface area (Å²) < 4.78 is 73.2. The summed E-state index contributed by atoms with van der Waals surface area (Å²) in [6, 6.07) is 2.69. The quantitative estimate of drug-likeness (QED) is 0.919. The van der Waals surface area contributed by atoms with Crippen LogP contribution >= 0.6 is 0 Å². The monoisotopic (exact) mass is 333 g/mol. The van der Waals surface area contributed by atoms with Crippen LogP contribution in [-0.4, -0.2) is 57.8 Å². The number of fused-ring (bicyclic) bond motifs is 3. The van der Waals surface area contributed by atoms with E-state index in [-0.39, 0.29) is 30.0 Å². The smallest absolute Gasteiger partial charge is 0.422 e. The minimum atomic E-state index is -4.57. The normalized spacial score (nSPS) is 19.0. The van der Waals surface area contributed by atoms with Gasteiger partial charge >= 0.3 is 6.18 Å². The molecule has 0 spiro atoms. The number of ether oxygens (including phenoxy) is 1. The fraction of sp³-hybridized carbons (Fsp3) is 0.429. The number of rotatable bonds is 4. The second kappa shape index (κ2) is 5.73. The van der Waals surface area contributed by atoms with Crippen LogP contribution in [0.2, 0.25) is 0 Å². The number of β-amino-alcohol motifs (C(OH)–C–C–N with tert-alkyl or cyclic N) is 1. The summed E-state index contributed by atoms with van der Waals surface area (Å²) in [4.78, 5) is 17.0. The first kappa shape index (κ1) is 11.3. The van der Waals surface area contributed by atoms with Crippen molar-refractivity contribution in [2.24, 2.45) is 0 Å². The van der Waals surface area contributed by atoms with E-state index in [1.54, 1.807) is 0 Å². The lowest BCUT2D eigenvalue weighted by Gasteiger charge is -2.28. The largest absolute Gasteiger partial charge is 0.468 e. The van der Waals surface area contributed by atoms with E-state index in [1.165, 1.54) is 22.9 Å². The minimum Gasteiger partial charge on any atom is -0.468 e. The Balaban J connectivity index is 2.01. The molecule has 0 saturated carbocycles. The first-order valence-electron chi connectivity index (χ1n) is 8.55. The number of carbonyl (C=O) groups excluding carboxylic acids is 1. The highest BCUT2D eigenvalue weighted by atomic mass is 19.4. The van der Waals surface area contributed by atoms with Crippen LogP contribution in [0.15, 0.2) is 18.3 Å². The van der Waals surface area contributed by atoms with Gasteiger partial charge in [-0.05, 0) is 12.1 Å². The maximum absolute atomic E-state index is 12.7. The molecular formula is C14H14F3N3O3. The first-order chi connectivity index (χ1) is 12.3. The van der Waals surface area contributed by atoms with Gasteiger partial charge in [-0.3, -0.25) is 4.79 Å². The lowest BCUT2D eigenvalue weighted by molar-refractivity contribution is -0.153. The van der Waals surface area contributed by atoms with Crippen molar-refractivity contribution in [3.63, 3.8) is 0 Å². The molecule has 23 heavy (non-hydrogen) atoms. The van der Waals surface area contributed by atoms with Gasteiger partial charge in [-0.1, -0.05) is 0 Å². The van der Waals surface area contributed by atoms with Crippen molar-refractivity contribution >= 4 is 16.8 Å². The molecule has 2 aromatic heterocycles. The molecule has 1 amide bonds. The van der Waals surface area contributed by atoms with E-state index in [0.717, 1.165) is 0 Å². The number of alkyl halides is 3. The number of aromatic nitrogens is 2. The van der Waals surface area contributed by atoms with Crippen LogP contribution in [0.3, 0.4) is 0 Å². The van der Waals surface area contributed by atoms with E-state index >= 15 is 0 Å². The average Bonchev–Trinajstić information content (AvgIpc) is 2.91. The molecule has 1 N–H and O–H groups in total. The standard InChI is InChI=1S/C14H14F3N3O3/c15-14(16,17)8-23-12-9-7-11-13(22)19(5-6-21)3-4-20(11)10(9)1-2-18-12/h1-2,7,21H,3-6,8H2/i5D2,6D2. The number of nitrogens with zero attached hydrogens (tertiary/aromatic N) is 3. The van der Waals surface area contributed by atoms with Crippen molar-refractivity contribution in [2.45, 2.75) is 12.7 Å². The lowest BCUT2D eigenvalue weighted by atomic mass is 10.2. The minimum absolute atomic E-state index is 0.0445. The van der Waals surface area contributed by atoms with Crippen LogP contribution in [0.4, 0.5) is 13.2 Å². The maximum atomic E-state index is 12.7. The number of hydrogen-bond acceptors (Lipinski definition) is 4. The molecule has 0 aromatic carbocycles. The maximum Gasteiger partial charge on any atom is 0.422 e. The van der Waals surface area contributed by atoms with Crippen LogP contribution in [0.5, 0.6) is 5.88 Å². The molecule has 0 fully saturated rings. The molecule has 2 aromatic rings. The van der Waals surface area contributed by atoms with Gasteiger partial charge in [0.2, 0.25) is 5.88 Å². The molecule has 0 radical (unpaired) electrons. The zero-order valence-corrected chi connectivity index (χ0v) is 11.6. The van der Waals surface area contributed by atoms with Crippen molar-refractivity contribution in [2.75, 3.05) is 26.2 Å². The molecule has 0 bridgehead atoms. The number of hydrogen-bond donors (Lipinski definition) is 1. The zero-order valence-electron chi connectivity index (χ0n) is 15.6. The zero-order chi connectivity index (χ0) is 20.2. The predicted molar refractivity (Wildman–Crippen MR) is 74.3 cm³/mol.